The summed E-state index contributed by atoms with van der Waals surface area (Å²) < 4.78 is 0. The molecular formula is C9H14N2O. The van der Waals surface area contributed by atoms with E-state index in [9.17, 15) is 4.79 Å². The molecule has 1 aromatic heterocycles. The quantitative estimate of drug-likeness (QED) is 0.738. The Labute approximate surface area is 71.8 Å². The summed E-state index contributed by atoms with van der Waals surface area (Å²) in [7, 11) is 0. The first-order chi connectivity index (χ1) is 5.75. The third-order valence-corrected chi connectivity index (χ3v) is 2.01. The van der Waals surface area contributed by atoms with Gasteiger partial charge in [0.05, 0.1) is 6.20 Å². The molecule has 0 radical (unpaired) electrons. The lowest BCUT2D eigenvalue weighted by Crippen LogP contribution is -2.13. The molecular weight excluding hydrogens is 152 g/mol. The topological polar surface area (TPSA) is 45.8 Å². The zero-order valence-electron chi connectivity index (χ0n) is 7.55. The molecule has 1 heterocycles. The second kappa shape index (κ2) is 4.04. The maximum atomic E-state index is 11.1. The average molecular weight is 166 g/mol. The normalized spacial score (nSPS) is 10.2. The molecule has 3 nitrogen and oxygen atoms in total. The van der Waals surface area contributed by atoms with Crippen LogP contribution in [0.2, 0.25) is 0 Å². The highest BCUT2D eigenvalue weighted by Gasteiger charge is 2.00. The van der Waals surface area contributed by atoms with Crippen LogP contribution in [-0.2, 0) is 6.42 Å². The van der Waals surface area contributed by atoms with Crippen molar-refractivity contribution in [2.75, 3.05) is 0 Å². The Morgan fingerprint density at radius 2 is 2.33 bits per heavy atom. The van der Waals surface area contributed by atoms with E-state index >= 15 is 0 Å². The summed E-state index contributed by atoms with van der Waals surface area (Å²) in [4.78, 5) is 11.1. The van der Waals surface area contributed by atoms with Crippen molar-refractivity contribution in [3.8, 4) is 0 Å². The van der Waals surface area contributed by atoms with E-state index in [0.717, 1.165) is 30.4 Å². The first-order valence-corrected chi connectivity index (χ1v) is 4.29. The Bertz CT molecular complexity index is 304. The van der Waals surface area contributed by atoms with E-state index in [4.69, 9.17) is 0 Å². The molecule has 0 amide bonds. The molecule has 0 unspecified atom stereocenters. The van der Waals surface area contributed by atoms with E-state index in [0.29, 0.717) is 0 Å². The third-order valence-electron chi connectivity index (χ3n) is 2.01. The molecule has 0 aliphatic rings. The van der Waals surface area contributed by atoms with Crippen LogP contribution in [0.1, 0.15) is 30.9 Å². The molecule has 0 aromatic carbocycles. The summed E-state index contributed by atoms with van der Waals surface area (Å²) in [6, 6.07) is 0. The summed E-state index contributed by atoms with van der Waals surface area (Å²) >= 11 is 0. The fraction of sp³-hybridized carbons (Fsp3) is 0.556. The SMILES string of the molecule is CCCCc1cn[nH]c(=O)c1C. The van der Waals surface area contributed by atoms with Gasteiger partial charge in [-0.25, -0.2) is 5.10 Å². The van der Waals surface area contributed by atoms with Crippen LogP contribution in [-0.4, -0.2) is 10.2 Å². The van der Waals surface area contributed by atoms with Gasteiger partial charge in [-0.1, -0.05) is 13.3 Å². The minimum absolute atomic E-state index is 0.0661. The zero-order chi connectivity index (χ0) is 8.97. The Morgan fingerprint density at radius 1 is 1.58 bits per heavy atom. The highest BCUT2D eigenvalue weighted by atomic mass is 16.1. The molecule has 0 fully saturated rings. The van der Waals surface area contributed by atoms with Crippen molar-refractivity contribution in [1.29, 1.82) is 0 Å². The molecule has 0 bridgehead atoms. The standard InChI is InChI=1S/C9H14N2O/c1-3-4-5-8-6-10-11-9(12)7(8)2/h6H,3-5H2,1-2H3,(H,11,12). The van der Waals surface area contributed by atoms with Crippen LogP contribution >= 0.6 is 0 Å². The van der Waals surface area contributed by atoms with E-state index in [1.165, 1.54) is 0 Å². The summed E-state index contributed by atoms with van der Waals surface area (Å²) in [6.45, 7) is 3.97. The van der Waals surface area contributed by atoms with Crippen LogP contribution in [0.4, 0.5) is 0 Å². The fourth-order valence-corrected chi connectivity index (χ4v) is 1.11. The number of hydrogen-bond acceptors (Lipinski definition) is 2. The van der Waals surface area contributed by atoms with Gasteiger partial charge in [0, 0.05) is 5.56 Å². The summed E-state index contributed by atoms with van der Waals surface area (Å²) in [6.07, 6.45) is 4.96. The van der Waals surface area contributed by atoms with Crippen LogP contribution < -0.4 is 5.56 Å². The van der Waals surface area contributed by atoms with E-state index in [1.54, 1.807) is 6.20 Å². The molecule has 1 N–H and O–H groups in total. The summed E-state index contributed by atoms with van der Waals surface area (Å²) in [5.41, 5.74) is 1.81. The Balaban J connectivity index is 2.85. The molecule has 0 aliphatic carbocycles. The van der Waals surface area contributed by atoms with Gasteiger partial charge in [-0.3, -0.25) is 4.79 Å². The highest BCUT2D eigenvalue weighted by molar-refractivity contribution is 5.18. The third kappa shape index (κ3) is 1.94. The van der Waals surface area contributed by atoms with Crippen molar-refractivity contribution in [3.05, 3.63) is 27.7 Å². The molecule has 66 valence electrons. The predicted molar refractivity (Wildman–Crippen MR) is 48.2 cm³/mol. The largest absolute Gasteiger partial charge is 0.268 e. The highest BCUT2D eigenvalue weighted by Crippen LogP contribution is 2.04. The fourth-order valence-electron chi connectivity index (χ4n) is 1.11. The van der Waals surface area contributed by atoms with Crippen LogP contribution in [0.5, 0.6) is 0 Å². The molecule has 12 heavy (non-hydrogen) atoms. The van der Waals surface area contributed by atoms with E-state index in [2.05, 4.69) is 17.1 Å². The van der Waals surface area contributed by atoms with Crippen molar-refractivity contribution < 1.29 is 0 Å². The summed E-state index contributed by atoms with van der Waals surface area (Å²) in [5.74, 6) is 0. The van der Waals surface area contributed by atoms with Gasteiger partial charge in [-0.2, -0.15) is 5.10 Å². The first kappa shape index (κ1) is 8.97. The lowest BCUT2D eigenvalue weighted by molar-refractivity contribution is 0.777. The van der Waals surface area contributed by atoms with Gasteiger partial charge in [0.15, 0.2) is 0 Å². The van der Waals surface area contributed by atoms with Gasteiger partial charge in [0.1, 0.15) is 0 Å². The molecule has 1 aromatic rings. The van der Waals surface area contributed by atoms with E-state index in [-0.39, 0.29) is 5.56 Å². The number of nitrogens with one attached hydrogen (secondary N) is 1. The maximum absolute atomic E-state index is 11.1. The average Bonchev–Trinajstić information content (AvgIpc) is 2.08. The molecule has 0 aliphatic heterocycles. The smallest absolute Gasteiger partial charge is 0.267 e. The van der Waals surface area contributed by atoms with Crippen molar-refractivity contribution >= 4 is 0 Å². The number of nitrogens with zero attached hydrogens (tertiary/aromatic N) is 1. The Kier molecular flexibility index (Phi) is 3.02. The molecule has 0 saturated heterocycles. The molecule has 0 spiro atoms. The maximum Gasteiger partial charge on any atom is 0.267 e. The zero-order valence-corrected chi connectivity index (χ0v) is 7.55. The van der Waals surface area contributed by atoms with Gasteiger partial charge in [-0.05, 0) is 25.3 Å². The van der Waals surface area contributed by atoms with Gasteiger partial charge in [0.25, 0.3) is 5.56 Å². The molecule has 3 heteroatoms. The number of aromatic amines is 1. The van der Waals surface area contributed by atoms with Gasteiger partial charge in [-0.15, -0.1) is 0 Å². The number of aromatic nitrogens is 2. The minimum atomic E-state index is -0.0661. The number of rotatable bonds is 3. The lowest BCUT2D eigenvalue weighted by atomic mass is 10.1. The molecule has 0 saturated carbocycles. The monoisotopic (exact) mass is 166 g/mol. The minimum Gasteiger partial charge on any atom is -0.268 e. The van der Waals surface area contributed by atoms with Crippen molar-refractivity contribution in [2.24, 2.45) is 0 Å². The van der Waals surface area contributed by atoms with Crippen molar-refractivity contribution in [2.45, 2.75) is 33.1 Å². The number of unbranched alkanes of at least 4 members (excludes halogenated alkanes) is 1. The van der Waals surface area contributed by atoms with Crippen LogP contribution in [0.3, 0.4) is 0 Å². The van der Waals surface area contributed by atoms with Crippen molar-refractivity contribution in [3.63, 3.8) is 0 Å². The van der Waals surface area contributed by atoms with Gasteiger partial charge in [0.2, 0.25) is 0 Å². The predicted octanol–water partition coefficient (Wildman–Crippen LogP) is 1.42. The van der Waals surface area contributed by atoms with Crippen LogP contribution in [0, 0.1) is 6.92 Å². The second-order valence-corrected chi connectivity index (χ2v) is 2.95. The Morgan fingerprint density at radius 3 is 3.00 bits per heavy atom. The van der Waals surface area contributed by atoms with E-state index < -0.39 is 0 Å². The number of H-pyrrole nitrogens is 1. The van der Waals surface area contributed by atoms with Crippen molar-refractivity contribution in [1.82, 2.24) is 10.2 Å². The van der Waals surface area contributed by atoms with Crippen LogP contribution in [0.25, 0.3) is 0 Å². The van der Waals surface area contributed by atoms with Crippen LogP contribution in [0.15, 0.2) is 11.0 Å². The second-order valence-electron chi connectivity index (χ2n) is 2.95. The molecule has 0 atom stereocenters. The lowest BCUT2D eigenvalue weighted by Gasteiger charge is -2.01. The van der Waals surface area contributed by atoms with Gasteiger partial charge >= 0.3 is 0 Å². The summed E-state index contributed by atoms with van der Waals surface area (Å²) in [5, 5.41) is 6.17. The van der Waals surface area contributed by atoms with E-state index in [1.807, 2.05) is 6.92 Å². The Hall–Kier alpha value is -1.12. The molecule has 1 rings (SSSR count). The first-order valence-electron chi connectivity index (χ1n) is 4.29. The number of aryl methyl sites for hydroxylation is 1. The number of hydrogen-bond donors (Lipinski definition) is 1. The van der Waals surface area contributed by atoms with Gasteiger partial charge < -0.3 is 0 Å².